The van der Waals surface area contributed by atoms with Crippen molar-refractivity contribution in [1.29, 1.82) is 0 Å². The first kappa shape index (κ1) is 29.5. The molecule has 1 saturated carbocycles. The molecule has 0 spiro atoms. The van der Waals surface area contributed by atoms with E-state index < -0.39 is 6.09 Å². The zero-order valence-electron chi connectivity index (χ0n) is 22.5. The zero-order chi connectivity index (χ0) is 26.5. The molecule has 1 aliphatic carbocycles. The van der Waals surface area contributed by atoms with Gasteiger partial charge >= 0.3 is 12.1 Å². The van der Waals surface area contributed by atoms with Gasteiger partial charge in [0.25, 0.3) is 0 Å². The zero-order valence-corrected chi connectivity index (χ0v) is 23.2. The molecule has 0 aromatic heterocycles. The minimum Gasteiger partial charge on any atom is -0.453 e. The van der Waals surface area contributed by atoms with Gasteiger partial charge in [0.2, 0.25) is 0 Å². The third-order valence-electron chi connectivity index (χ3n) is 7.58. The highest BCUT2D eigenvalue weighted by molar-refractivity contribution is 6.30. The predicted octanol–water partition coefficient (Wildman–Crippen LogP) is 5.12. The van der Waals surface area contributed by atoms with Crippen LogP contribution in [0.3, 0.4) is 0 Å². The van der Waals surface area contributed by atoms with Crippen LogP contribution in [0, 0.1) is 11.8 Å². The summed E-state index contributed by atoms with van der Waals surface area (Å²) >= 11 is 6.30. The summed E-state index contributed by atoms with van der Waals surface area (Å²) < 4.78 is 10.9. The molecule has 208 valence electrons. The summed E-state index contributed by atoms with van der Waals surface area (Å²) in [6.07, 6.45) is 10.0. The first-order chi connectivity index (χ1) is 18.0. The number of alkyl carbamates (subject to hydrolysis) is 1. The number of hydrogen-bond donors (Lipinski definition) is 3. The SMILES string of the molecule is CNC[C@H](CC1CCCCCC1)NC(=O)N1CCC[C@@H](C(OCCNC(=O)OC)c2cccc(Cl)c2)C1. The van der Waals surface area contributed by atoms with Crippen molar-refractivity contribution in [2.45, 2.75) is 69.9 Å². The lowest BCUT2D eigenvalue weighted by Crippen LogP contribution is -2.51. The van der Waals surface area contributed by atoms with Crippen LogP contribution in [0.1, 0.15) is 69.5 Å². The van der Waals surface area contributed by atoms with E-state index in [1.54, 1.807) is 0 Å². The molecule has 1 saturated heterocycles. The van der Waals surface area contributed by atoms with Gasteiger partial charge < -0.3 is 30.3 Å². The maximum absolute atomic E-state index is 13.4. The summed E-state index contributed by atoms with van der Waals surface area (Å²) in [4.78, 5) is 26.7. The van der Waals surface area contributed by atoms with Crippen molar-refractivity contribution in [2.24, 2.45) is 11.8 Å². The smallest absolute Gasteiger partial charge is 0.406 e. The van der Waals surface area contributed by atoms with Crippen molar-refractivity contribution in [3.63, 3.8) is 0 Å². The highest BCUT2D eigenvalue weighted by atomic mass is 35.5. The Morgan fingerprint density at radius 2 is 1.92 bits per heavy atom. The number of methoxy groups -OCH3 is 1. The second kappa shape index (κ2) is 16.0. The van der Waals surface area contributed by atoms with Crippen LogP contribution < -0.4 is 16.0 Å². The quantitative estimate of drug-likeness (QED) is 0.269. The molecule has 8 nitrogen and oxygen atoms in total. The van der Waals surface area contributed by atoms with Gasteiger partial charge in [0.05, 0.1) is 19.8 Å². The molecule has 1 aromatic carbocycles. The van der Waals surface area contributed by atoms with Crippen LogP contribution in [0.15, 0.2) is 24.3 Å². The first-order valence-corrected chi connectivity index (χ1v) is 14.3. The van der Waals surface area contributed by atoms with Gasteiger partial charge in [0, 0.05) is 43.2 Å². The van der Waals surface area contributed by atoms with Crippen LogP contribution in [-0.2, 0) is 9.47 Å². The number of nitrogens with zero attached hydrogens (tertiary/aromatic N) is 1. The van der Waals surface area contributed by atoms with Crippen molar-refractivity contribution in [3.8, 4) is 0 Å². The van der Waals surface area contributed by atoms with Gasteiger partial charge in [-0.3, -0.25) is 0 Å². The number of likely N-dealkylation sites (tertiary alicyclic amines) is 1. The van der Waals surface area contributed by atoms with Gasteiger partial charge in [-0.25, -0.2) is 9.59 Å². The van der Waals surface area contributed by atoms with Crippen molar-refractivity contribution < 1.29 is 19.1 Å². The lowest BCUT2D eigenvalue weighted by molar-refractivity contribution is -0.00864. The number of piperidine rings is 1. The molecule has 1 aliphatic heterocycles. The summed E-state index contributed by atoms with van der Waals surface area (Å²) in [5.74, 6) is 0.815. The Balaban J connectivity index is 1.62. The average Bonchev–Trinajstić information content (AvgIpc) is 3.17. The summed E-state index contributed by atoms with van der Waals surface area (Å²) in [5, 5.41) is 9.92. The van der Waals surface area contributed by atoms with E-state index in [2.05, 4.69) is 20.7 Å². The number of amides is 3. The lowest BCUT2D eigenvalue weighted by Gasteiger charge is -2.38. The van der Waals surface area contributed by atoms with E-state index in [9.17, 15) is 9.59 Å². The minimum absolute atomic E-state index is 0.00998. The molecule has 3 amide bonds. The number of halogens is 1. The molecule has 1 heterocycles. The van der Waals surface area contributed by atoms with E-state index >= 15 is 0 Å². The number of rotatable bonds is 11. The Kier molecular flexibility index (Phi) is 12.8. The molecule has 3 rings (SSSR count). The lowest BCUT2D eigenvalue weighted by atomic mass is 9.88. The third kappa shape index (κ3) is 9.98. The molecular weight excluding hydrogens is 492 g/mol. The Labute approximate surface area is 227 Å². The largest absolute Gasteiger partial charge is 0.453 e. The molecule has 0 radical (unpaired) electrons. The van der Waals surface area contributed by atoms with E-state index in [1.807, 2.05) is 36.2 Å². The summed E-state index contributed by atoms with van der Waals surface area (Å²) in [6.45, 7) is 2.81. The van der Waals surface area contributed by atoms with E-state index in [0.717, 1.165) is 37.9 Å². The predicted molar refractivity (Wildman–Crippen MR) is 147 cm³/mol. The number of carbonyl (C=O) groups is 2. The van der Waals surface area contributed by atoms with Gasteiger partial charge in [0.1, 0.15) is 0 Å². The first-order valence-electron chi connectivity index (χ1n) is 13.9. The average molecular weight is 537 g/mol. The van der Waals surface area contributed by atoms with E-state index in [0.29, 0.717) is 30.6 Å². The summed E-state index contributed by atoms with van der Waals surface area (Å²) in [5.41, 5.74) is 0.985. The molecule has 3 atom stereocenters. The second-order valence-electron chi connectivity index (χ2n) is 10.4. The van der Waals surface area contributed by atoms with E-state index in [4.69, 9.17) is 16.3 Å². The second-order valence-corrected chi connectivity index (χ2v) is 10.8. The highest BCUT2D eigenvalue weighted by Gasteiger charge is 2.32. The van der Waals surface area contributed by atoms with E-state index in [1.165, 1.54) is 45.6 Å². The molecule has 37 heavy (non-hydrogen) atoms. The number of ether oxygens (including phenoxy) is 2. The van der Waals surface area contributed by atoms with Gasteiger partial charge in [-0.15, -0.1) is 0 Å². The van der Waals surface area contributed by atoms with Crippen molar-refractivity contribution in [3.05, 3.63) is 34.9 Å². The minimum atomic E-state index is -0.483. The Morgan fingerprint density at radius 3 is 2.62 bits per heavy atom. The van der Waals surface area contributed by atoms with Gasteiger partial charge in [-0.05, 0) is 49.9 Å². The Bertz CT molecular complexity index is 834. The topological polar surface area (TPSA) is 91.9 Å². The number of nitrogens with one attached hydrogen (secondary N) is 3. The normalized spacial score (nSPS) is 20.5. The van der Waals surface area contributed by atoms with Crippen LogP contribution in [-0.4, -0.2) is 70.0 Å². The maximum Gasteiger partial charge on any atom is 0.406 e. The highest BCUT2D eigenvalue weighted by Crippen LogP contribution is 2.34. The monoisotopic (exact) mass is 536 g/mol. The van der Waals surface area contributed by atoms with Gasteiger partial charge in [0.15, 0.2) is 0 Å². The molecular formula is C28H45ClN4O4. The molecule has 2 aliphatic rings. The maximum atomic E-state index is 13.4. The Morgan fingerprint density at radius 1 is 1.14 bits per heavy atom. The fraction of sp³-hybridized carbons (Fsp3) is 0.714. The van der Waals surface area contributed by atoms with Gasteiger partial charge in [-0.2, -0.15) is 0 Å². The molecule has 0 bridgehead atoms. The van der Waals surface area contributed by atoms with Crippen LogP contribution in [0.4, 0.5) is 9.59 Å². The number of urea groups is 1. The summed E-state index contributed by atoms with van der Waals surface area (Å²) in [6, 6.07) is 7.84. The van der Waals surface area contributed by atoms with Crippen LogP contribution in [0.25, 0.3) is 0 Å². The molecule has 3 N–H and O–H groups in total. The standard InChI is InChI=1S/C28H45ClN4O4/c1-30-19-25(17-21-9-5-3-4-6-10-21)32-27(34)33-15-8-12-23(20-33)26(22-11-7-13-24(29)18-22)37-16-14-31-28(35)36-2/h7,11,13,18,21,23,25-26,30H,3-6,8-10,12,14-17,19-20H2,1-2H3,(H,31,35)(H,32,34)/t23-,25+,26?/m1/s1. The van der Waals surface area contributed by atoms with Gasteiger partial charge in [-0.1, -0.05) is 62.3 Å². The van der Waals surface area contributed by atoms with Crippen LogP contribution in [0.5, 0.6) is 0 Å². The van der Waals surface area contributed by atoms with Crippen molar-refractivity contribution >= 4 is 23.7 Å². The van der Waals surface area contributed by atoms with E-state index in [-0.39, 0.29) is 24.1 Å². The molecule has 1 unspecified atom stereocenters. The Hall–Kier alpha value is -2.03. The number of likely N-dealkylation sites (N-methyl/N-ethyl adjacent to an activating group) is 1. The molecule has 2 fully saturated rings. The van der Waals surface area contributed by atoms with Crippen molar-refractivity contribution in [1.82, 2.24) is 20.9 Å². The molecule has 1 aromatic rings. The van der Waals surface area contributed by atoms with Crippen LogP contribution in [0.2, 0.25) is 5.02 Å². The third-order valence-corrected chi connectivity index (χ3v) is 7.81. The number of hydrogen-bond acceptors (Lipinski definition) is 5. The summed E-state index contributed by atoms with van der Waals surface area (Å²) in [7, 11) is 3.29. The number of benzene rings is 1. The van der Waals surface area contributed by atoms with Crippen LogP contribution >= 0.6 is 11.6 Å². The number of carbonyl (C=O) groups excluding carboxylic acids is 2. The molecule has 9 heteroatoms. The van der Waals surface area contributed by atoms with Crippen molar-refractivity contribution in [2.75, 3.05) is 46.9 Å². The fourth-order valence-electron chi connectivity index (χ4n) is 5.75. The fourth-order valence-corrected chi connectivity index (χ4v) is 5.95.